The van der Waals surface area contributed by atoms with E-state index in [4.69, 9.17) is 5.73 Å². The molecule has 0 bridgehead atoms. The van der Waals surface area contributed by atoms with Crippen molar-refractivity contribution in [1.29, 1.82) is 0 Å². The second-order valence-corrected chi connectivity index (χ2v) is 4.15. The van der Waals surface area contributed by atoms with Gasteiger partial charge >= 0.3 is 11.9 Å². The van der Waals surface area contributed by atoms with Crippen molar-refractivity contribution >= 4 is 29.3 Å². The average Bonchev–Trinajstić information content (AvgIpc) is 2.85. The van der Waals surface area contributed by atoms with Gasteiger partial charge in [0.1, 0.15) is 6.04 Å². The van der Waals surface area contributed by atoms with Crippen LogP contribution in [0, 0.1) is 0 Å². The van der Waals surface area contributed by atoms with Crippen LogP contribution in [0.15, 0.2) is 30.5 Å². The predicted octanol–water partition coefficient (Wildman–Crippen LogP) is 2.79. The molecule has 0 fully saturated rings. The summed E-state index contributed by atoms with van der Waals surface area (Å²) < 4.78 is 32.0. The standard InChI is InChI=1S/C13H14F2N2O2.ClH/c1-2-19-12(18)13(14,15)11(16)9-3-4-10-8(7-9)5-6-17-10;/h3-7,11,17H,2,16H2,1H3;1H/t11-;/m0./s1. The van der Waals surface area contributed by atoms with Gasteiger partial charge in [-0.3, -0.25) is 0 Å². The van der Waals surface area contributed by atoms with Crippen molar-refractivity contribution in [1.82, 2.24) is 4.98 Å². The fourth-order valence-corrected chi connectivity index (χ4v) is 1.83. The first-order valence-corrected chi connectivity index (χ1v) is 5.84. The summed E-state index contributed by atoms with van der Waals surface area (Å²) in [5.74, 6) is -5.35. The van der Waals surface area contributed by atoms with Crippen molar-refractivity contribution in [2.45, 2.75) is 18.9 Å². The van der Waals surface area contributed by atoms with Gasteiger partial charge in [-0.2, -0.15) is 8.78 Å². The number of nitrogens with two attached hydrogens (primary N) is 1. The fraction of sp³-hybridized carbons (Fsp3) is 0.308. The number of fused-ring (bicyclic) bond motifs is 1. The van der Waals surface area contributed by atoms with Crippen LogP contribution in [0.2, 0.25) is 0 Å². The Bertz CT molecular complexity index is 601. The molecule has 0 amide bonds. The van der Waals surface area contributed by atoms with Crippen LogP contribution in [0.5, 0.6) is 0 Å². The van der Waals surface area contributed by atoms with Gasteiger partial charge in [0.25, 0.3) is 0 Å². The Morgan fingerprint density at radius 1 is 1.45 bits per heavy atom. The summed E-state index contributed by atoms with van der Waals surface area (Å²) in [5.41, 5.74) is 6.50. The first-order valence-electron chi connectivity index (χ1n) is 5.84. The molecule has 20 heavy (non-hydrogen) atoms. The maximum absolute atomic E-state index is 13.8. The Kier molecular flexibility index (Phi) is 5.08. The molecule has 2 rings (SSSR count). The van der Waals surface area contributed by atoms with Crippen LogP contribution >= 0.6 is 12.4 Å². The van der Waals surface area contributed by atoms with Gasteiger partial charge in [-0.15, -0.1) is 12.4 Å². The van der Waals surface area contributed by atoms with E-state index in [1.807, 2.05) is 0 Å². The number of halogens is 3. The Morgan fingerprint density at radius 2 is 2.15 bits per heavy atom. The molecule has 110 valence electrons. The summed E-state index contributed by atoms with van der Waals surface area (Å²) in [7, 11) is 0. The molecule has 0 aliphatic heterocycles. The molecule has 1 atom stereocenters. The van der Waals surface area contributed by atoms with E-state index in [1.165, 1.54) is 19.1 Å². The molecule has 1 aromatic carbocycles. The van der Waals surface area contributed by atoms with E-state index in [1.54, 1.807) is 18.3 Å². The van der Waals surface area contributed by atoms with E-state index in [-0.39, 0.29) is 24.6 Å². The number of nitrogens with one attached hydrogen (secondary N) is 1. The molecule has 0 radical (unpaired) electrons. The monoisotopic (exact) mass is 304 g/mol. The van der Waals surface area contributed by atoms with Crippen molar-refractivity contribution in [2.75, 3.05) is 6.61 Å². The molecule has 2 aromatic rings. The van der Waals surface area contributed by atoms with Crippen LogP contribution < -0.4 is 5.73 Å². The van der Waals surface area contributed by atoms with Gasteiger partial charge in [0, 0.05) is 11.7 Å². The molecule has 1 aromatic heterocycles. The SMILES string of the molecule is CCOC(=O)C(F)(F)[C@@H](N)c1ccc2[nH]ccc2c1.Cl. The minimum atomic E-state index is -3.75. The maximum Gasteiger partial charge on any atom is 0.379 e. The maximum atomic E-state index is 13.8. The van der Waals surface area contributed by atoms with Crippen molar-refractivity contribution < 1.29 is 18.3 Å². The Labute approximate surface area is 120 Å². The number of benzene rings is 1. The quantitative estimate of drug-likeness (QED) is 0.853. The van der Waals surface area contributed by atoms with Gasteiger partial charge < -0.3 is 15.5 Å². The van der Waals surface area contributed by atoms with Crippen LogP contribution in [0.3, 0.4) is 0 Å². The smallest absolute Gasteiger partial charge is 0.379 e. The third kappa shape index (κ3) is 2.91. The molecule has 0 aliphatic rings. The number of carbonyl (C=O) groups excluding carboxylic acids is 1. The number of esters is 1. The highest BCUT2D eigenvalue weighted by atomic mass is 35.5. The van der Waals surface area contributed by atoms with Crippen LogP contribution in [0.4, 0.5) is 8.78 Å². The molecule has 4 nitrogen and oxygen atoms in total. The Balaban J connectivity index is 0.00000200. The van der Waals surface area contributed by atoms with Gasteiger partial charge in [-0.1, -0.05) is 6.07 Å². The molecule has 0 saturated heterocycles. The van der Waals surface area contributed by atoms with Crippen molar-refractivity contribution in [3.8, 4) is 0 Å². The number of alkyl halides is 2. The van der Waals surface area contributed by atoms with E-state index in [2.05, 4.69) is 9.72 Å². The molecule has 0 spiro atoms. The third-order valence-corrected chi connectivity index (χ3v) is 2.87. The minimum Gasteiger partial charge on any atom is -0.462 e. The lowest BCUT2D eigenvalue weighted by Crippen LogP contribution is -2.41. The topological polar surface area (TPSA) is 68.1 Å². The second kappa shape index (κ2) is 6.19. The molecule has 0 saturated carbocycles. The number of H-pyrrole nitrogens is 1. The highest BCUT2D eigenvalue weighted by molar-refractivity contribution is 5.85. The Morgan fingerprint density at radius 3 is 2.80 bits per heavy atom. The van der Waals surface area contributed by atoms with Gasteiger partial charge in [0.15, 0.2) is 0 Å². The summed E-state index contributed by atoms with van der Waals surface area (Å²) in [6.07, 6.45) is 1.70. The summed E-state index contributed by atoms with van der Waals surface area (Å²) in [6.45, 7) is 1.35. The van der Waals surface area contributed by atoms with E-state index < -0.39 is 17.9 Å². The lowest BCUT2D eigenvalue weighted by molar-refractivity contribution is -0.174. The normalized spacial score (nSPS) is 12.8. The molecule has 0 unspecified atom stereocenters. The van der Waals surface area contributed by atoms with Gasteiger partial charge in [-0.25, -0.2) is 4.79 Å². The molecule has 7 heteroatoms. The first-order chi connectivity index (χ1) is 8.96. The molecule has 3 N–H and O–H groups in total. The van der Waals surface area contributed by atoms with Gasteiger partial charge in [0.2, 0.25) is 0 Å². The van der Waals surface area contributed by atoms with E-state index in [0.717, 1.165) is 10.9 Å². The van der Waals surface area contributed by atoms with E-state index >= 15 is 0 Å². The van der Waals surface area contributed by atoms with Crippen LogP contribution in [-0.4, -0.2) is 23.5 Å². The third-order valence-electron chi connectivity index (χ3n) is 2.87. The van der Waals surface area contributed by atoms with E-state index in [0.29, 0.717) is 0 Å². The van der Waals surface area contributed by atoms with Crippen molar-refractivity contribution in [2.24, 2.45) is 5.73 Å². The number of rotatable bonds is 4. The van der Waals surface area contributed by atoms with Gasteiger partial charge in [0.05, 0.1) is 6.61 Å². The number of hydrogen-bond acceptors (Lipinski definition) is 3. The first kappa shape index (κ1) is 16.4. The van der Waals surface area contributed by atoms with Crippen LogP contribution in [0.25, 0.3) is 10.9 Å². The summed E-state index contributed by atoms with van der Waals surface area (Å²) in [4.78, 5) is 14.2. The number of carbonyl (C=O) groups is 1. The zero-order chi connectivity index (χ0) is 14.0. The highest BCUT2D eigenvalue weighted by Crippen LogP contribution is 2.31. The number of aromatic nitrogens is 1. The molecular weight excluding hydrogens is 290 g/mol. The second-order valence-electron chi connectivity index (χ2n) is 4.15. The van der Waals surface area contributed by atoms with Gasteiger partial charge in [-0.05, 0) is 36.1 Å². The molecule has 1 heterocycles. The van der Waals surface area contributed by atoms with Crippen molar-refractivity contribution in [3.05, 3.63) is 36.0 Å². The van der Waals surface area contributed by atoms with Crippen molar-refractivity contribution in [3.63, 3.8) is 0 Å². The summed E-state index contributed by atoms with van der Waals surface area (Å²) in [6, 6.07) is 4.66. The summed E-state index contributed by atoms with van der Waals surface area (Å²) in [5, 5.41) is 0.757. The average molecular weight is 305 g/mol. The lowest BCUT2D eigenvalue weighted by Gasteiger charge is -2.21. The largest absolute Gasteiger partial charge is 0.462 e. The lowest BCUT2D eigenvalue weighted by atomic mass is 10.00. The zero-order valence-corrected chi connectivity index (χ0v) is 11.5. The van der Waals surface area contributed by atoms with E-state index in [9.17, 15) is 13.6 Å². The van der Waals surface area contributed by atoms with Crippen LogP contribution in [-0.2, 0) is 9.53 Å². The number of aromatic amines is 1. The molecular formula is C13H15ClF2N2O2. The predicted molar refractivity (Wildman–Crippen MR) is 74.1 cm³/mol. The number of ether oxygens (including phenoxy) is 1. The minimum absolute atomic E-state index is 0. The fourth-order valence-electron chi connectivity index (χ4n) is 1.83. The highest BCUT2D eigenvalue weighted by Gasteiger charge is 2.47. The Hall–Kier alpha value is -1.66. The zero-order valence-electron chi connectivity index (χ0n) is 10.7. The number of hydrogen-bond donors (Lipinski definition) is 2. The molecule has 0 aliphatic carbocycles. The summed E-state index contributed by atoms with van der Waals surface area (Å²) >= 11 is 0. The van der Waals surface area contributed by atoms with Crippen LogP contribution in [0.1, 0.15) is 18.5 Å².